The standard InChI is InChI=1S/C16H21N3O4/c1-22-13-7-18-11-4-2-3-10(14(11)19-13)15(20)16(21)12-6-5-9(17)8-23-12/h2-4,7,9,12,15-16,20-21H,5-6,8,17H2,1H3/t9-,12?,15+,16?/m0/s1. The molecule has 23 heavy (non-hydrogen) atoms. The Balaban J connectivity index is 1.89. The van der Waals surface area contributed by atoms with Crippen molar-refractivity contribution in [1.29, 1.82) is 0 Å². The molecule has 4 atom stereocenters. The summed E-state index contributed by atoms with van der Waals surface area (Å²) in [5, 5.41) is 21.1. The molecule has 124 valence electrons. The van der Waals surface area contributed by atoms with Gasteiger partial charge in [0.2, 0.25) is 5.88 Å². The SMILES string of the molecule is COc1cnc2cccc([C@@H](O)C(O)C3CC[C@H](N)CO3)c2n1. The molecule has 1 aliphatic rings. The Morgan fingerprint density at radius 1 is 1.35 bits per heavy atom. The van der Waals surface area contributed by atoms with Crippen molar-refractivity contribution in [3.05, 3.63) is 30.0 Å². The van der Waals surface area contributed by atoms with E-state index < -0.39 is 18.3 Å². The summed E-state index contributed by atoms with van der Waals surface area (Å²) in [5.74, 6) is 0.353. The number of ether oxygens (including phenoxy) is 2. The fourth-order valence-electron chi connectivity index (χ4n) is 2.82. The maximum Gasteiger partial charge on any atom is 0.232 e. The molecule has 0 saturated carbocycles. The van der Waals surface area contributed by atoms with Crippen molar-refractivity contribution >= 4 is 11.0 Å². The summed E-state index contributed by atoms with van der Waals surface area (Å²) < 4.78 is 10.6. The summed E-state index contributed by atoms with van der Waals surface area (Å²) in [6.07, 6.45) is 0.260. The summed E-state index contributed by atoms with van der Waals surface area (Å²) in [6.45, 7) is 0.387. The minimum atomic E-state index is -1.13. The Morgan fingerprint density at radius 2 is 2.17 bits per heavy atom. The number of hydrogen-bond donors (Lipinski definition) is 3. The first-order chi connectivity index (χ1) is 11.1. The second-order valence-electron chi connectivity index (χ2n) is 5.77. The number of fused-ring (bicyclic) bond motifs is 1. The van der Waals surface area contributed by atoms with Gasteiger partial charge >= 0.3 is 0 Å². The van der Waals surface area contributed by atoms with Crippen molar-refractivity contribution in [2.45, 2.75) is 37.2 Å². The smallest absolute Gasteiger partial charge is 0.232 e. The molecular weight excluding hydrogens is 298 g/mol. The average Bonchev–Trinajstić information content (AvgIpc) is 2.60. The molecule has 2 aromatic rings. The van der Waals surface area contributed by atoms with Crippen molar-refractivity contribution in [1.82, 2.24) is 9.97 Å². The van der Waals surface area contributed by atoms with E-state index in [0.29, 0.717) is 35.5 Å². The third kappa shape index (κ3) is 3.28. The largest absolute Gasteiger partial charge is 0.480 e. The molecule has 7 heteroatoms. The minimum absolute atomic E-state index is 0.0109. The highest BCUT2D eigenvalue weighted by molar-refractivity contribution is 5.78. The van der Waals surface area contributed by atoms with Crippen LogP contribution in [0.25, 0.3) is 11.0 Å². The quantitative estimate of drug-likeness (QED) is 0.754. The third-order valence-corrected chi connectivity index (χ3v) is 4.16. The predicted octanol–water partition coefficient (Wildman–Crippen LogP) is 0.539. The fraction of sp³-hybridized carbons (Fsp3) is 0.500. The van der Waals surface area contributed by atoms with Crippen LogP contribution in [0.15, 0.2) is 24.4 Å². The van der Waals surface area contributed by atoms with Crippen LogP contribution in [-0.2, 0) is 4.74 Å². The zero-order valence-corrected chi connectivity index (χ0v) is 12.9. The van der Waals surface area contributed by atoms with Crippen LogP contribution in [-0.4, -0.2) is 52.1 Å². The Hall–Kier alpha value is -1.80. The Labute approximate surface area is 134 Å². The molecular formula is C16H21N3O4. The maximum absolute atomic E-state index is 10.6. The van der Waals surface area contributed by atoms with Crippen LogP contribution in [0.2, 0.25) is 0 Å². The number of nitrogens with zero attached hydrogens (tertiary/aromatic N) is 2. The average molecular weight is 319 g/mol. The van der Waals surface area contributed by atoms with Gasteiger partial charge in [-0.1, -0.05) is 12.1 Å². The Bertz CT molecular complexity index is 673. The van der Waals surface area contributed by atoms with Gasteiger partial charge in [0, 0.05) is 11.6 Å². The summed E-state index contributed by atoms with van der Waals surface area (Å²) in [4.78, 5) is 8.59. The van der Waals surface area contributed by atoms with E-state index in [4.69, 9.17) is 15.2 Å². The Morgan fingerprint density at radius 3 is 2.87 bits per heavy atom. The topological polar surface area (TPSA) is 111 Å². The van der Waals surface area contributed by atoms with Gasteiger partial charge in [0.25, 0.3) is 0 Å². The van der Waals surface area contributed by atoms with Gasteiger partial charge in [-0.3, -0.25) is 0 Å². The van der Waals surface area contributed by atoms with Gasteiger partial charge in [0.15, 0.2) is 0 Å². The number of benzene rings is 1. The van der Waals surface area contributed by atoms with Gasteiger partial charge in [-0.25, -0.2) is 9.97 Å². The van der Waals surface area contributed by atoms with E-state index in [-0.39, 0.29) is 6.04 Å². The lowest BCUT2D eigenvalue weighted by molar-refractivity contribution is -0.111. The number of aliphatic hydroxyl groups is 2. The Kier molecular flexibility index (Phi) is 4.72. The maximum atomic E-state index is 10.6. The van der Waals surface area contributed by atoms with E-state index in [9.17, 15) is 10.2 Å². The van der Waals surface area contributed by atoms with Crippen molar-refractivity contribution < 1.29 is 19.7 Å². The molecule has 2 unspecified atom stereocenters. The van der Waals surface area contributed by atoms with E-state index in [1.807, 2.05) is 0 Å². The summed E-state index contributed by atoms with van der Waals surface area (Å²) in [5.41, 5.74) is 7.42. The van der Waals surface area contributed by atoms with Gasteiger partial charge < -0.3 is 25.4 Å². The van der Waals surface area contributed by atoms with Crippen molar-refractivity contribution in [2.24, 2.45) is 5.73 Å². The summed E-state index contributed by atoms with van der Waals surface area (Å²) in [6, 6.07) is 5.27. The van der Waals surface area contributed by atoms with Crippen molar-refractivity contribution in [3.63, 3.8) is 0 Å². The van der Waals surface area contributed by atoms with Crippen molar-refractivity contribution in [2.75, 3.05) is 13.7 Å². The van der Waals surface area contributed by atoms with Crippen LogP contribution in [0.1, 0.15) is 24.5 Å². The molecule has 0 amide bonds. The second-order valence-corrected chi connectivity index (χ2v) is 5.77. The fourth-order valence-corrected chi connectivity index (χ4v) is 2.82. The molecule has 0 aliphatic carbocycles. The molecule has 1 aliphatic heterocycles. The first-order valence-electron chi connectivity index (χ1n) is 7.63. The first-order valence-corrected chi connectivity index (χ1v) is 7.63. The molecule has 4 N–H and O–H groups in total. The first kappa shape index (κ1) is 16.1. The predicted molar refractivity (Wildman–Crippen MR) is 84.0 cm³/mol. The van der Waals surface area contributed by atoms with E-state index in [0.717, 1.165) is 6.42 Å². The molecule has 0 spiro atoms. The zero-order valence-electron chi connectivity index (χ0n) is 12.9. The second kappa shape index (κ2) is 6.76. The number of aromatic nitrogens is 2. The molecule has 1 aromatic heterocycles. The third-order valence-electron chi connectivity index (χ3n) is 4.16. The number of aliphatic hydroxyl groups excluding tert-OH is 2. The van der Waals surface area contributed by atoms with Gasteiger partial charge in [0.1, 0.15) is 12.2 Å². The lowest BCUT2D eigenvalue weighted by atomic mass is 9.94. The van der Waals surface area contributed by atoms with E-state index >= 15 is 0 Å². The van der Waals surface area contributed by atoms with Crippen LogP contribution >= 0.6 is 0 Å². The van der Waals surface area contributed by atoms with Crippen LogP contribution in [0, 0.1) is 0 Å². The van der Waals surface area contributed by atoms with Crippen LogP contribution in [0.4, 0.5) is 0 Å². The van der Waals surface area contributed by atoms with Crippen LogP contribution < -0.4 is 10.5 Å². The summed E-state index contributed by atoms with van der Waals surface area (Å²) >= 11 is 0. The number of para-hydroxylation sites is 1. The molecule has 7 nitrogen and oxygen atoms in total. The van der Waals surface area contributed by atoms with Crippen molar-refractivity contribution in [3.8, 4) is 5.88 Å². The lowest BCUT2D eigenvalue weighted by Crippen LogP contribution is -2.43. The summed E-state index contributed by atoms with van der Waals surface area (Å²) in [7, 11) is 1.50. The van der Waals surface area contributed by atoms with Crippen LogP contribution in [0.5, 0.6) is 5.88 Å². The highest BCUT2D eigenvalue weighted by Crippen LogP contribution is 2.29. The molecule has 1 fully saturated rings. The molecule has 0 bridgehead atoms. The molecule has 1 aromatic carbocycles. The minimum Gasteiger partial charge on any atom is -0.480 e. The number of rotatable bonds is 4. The van der Waals surface area contributed by atoms with Gasteiger partial charge in [-0.15, -0.1) is 0 Å². The molecule has 1 saturated heterocycles. The highest BCUT2D eigenvalue weighted by atomic mass is 16.5. The van der Waals surface area contributed by atoms with Crippen LogP contribution in [0.3, 0.4) is 0 Å². The molecule has 0 radical (unpaired) electrons. The normalized spacial score (nSPS) is 24.3. The zero-order chi connectivity index (χ0) is 16.4. The lowest BCUT2D eigenvalue weighted by Gasteiger charge is -2.32. The van der Waals surface area contributed by atoms with Gasteiger partial charge in [0.05, 0.1) is 37.1 Å². The van der Waals surface area contributed by atoms with E-state index in [2.05, 4.69) is 9.97 Å². The number of methoxy groups -OCH3 is 1. The van der Waals surface area contributed by atoms with E-state index in [1.54, 1.807) is 18.2 Å². The van der Waals surface area contributed by atoms with E-state index in [1.165, 1.54) is 13.3 Å². The molecule has 3 rings (SSSR count). The number of nitrogens with two attached hydrogens (primary N) is 1. The monoisotopic (exact) mass is 319 g/mol. The number of hydrogen-bond acceptors (Lipinski definition) is 7. The molecule has 2 heterocycles. The highest BCUT2D eigenvalue weighted by Gasteiger charge is 2.32. The van der Waals surface area contributed by atoms with Gasteiger partial charge in [-0.2, -0.15) is 0 Å². The van der Waals surface area contributed by atoms with Gasteiger partial charge in [-0.05, 0) is 18.9 Å².